The minimum Gasteiger partial charge on any atom is -0.461 e. The zero-order chi connectivity index (χ0) is 21.2. The smallest absolute Gasteiger partial charge is 0.416 e. The number of ether oxygens (including phenoxy) is 1. The van der Waals surface area contributed by atoms with Crippen LogP contribution >= 0.6 is 0 Å². The van der Waals surface area contributed by atoms with Crippen LogP contribution in [0.5, 0.6) is 0 Å². The van der Waals surface area contributed by atoms with Gasteiger partial charge in [0.15, 0.2) is 11.5 Å². The highest BCUT2D eigenvalue weighted by Gasteiger charge is 2.31. The third-order valence-corrected chi connectivity index (χ3v) is 4.10. The Morgan fingerprint density at radius 2 is 1.93 bits per heavy atom. The van der Waals surface area contributed by atoms with E-state index in [9.17, 15) is 22.4 Å². The number of halogens is 4. The molecule has 2 heterocycles. The minimum absolute atomic E-state index is 0.0708. The SMILES string of the molecule is CCOC(=O)c1nn(-c2cc(Cc3cc(F)cc(C(F)(F)F)c3)ccn2)cc1C. The van der Waals surface area contributed by atoms with E-state index in [2.05, 4.69) is 10.1 Å². The van der Waals surface area contributed by atoms with Gasteiger partial charge in [-0.1, -0.05) is 0 Å². The second kappa shape index (κ2) is 8.02. The monoisotopic (exact) mass is 407 g/mol. The van der Waals surface area contributed by atoms with Gasteiger partial charge in [0.1, 0.15) is 5.82 Å². The standard InChI is InChI=1S/C20H17F4N3O2/c1-3-29-19(28)18-12(2)11-27(26-18)17-9-13(4-5-25-17)6-14-7-15(20(22,23)24)10-16(21)8-14/h4-5,7-11H,3,6H2,1-2H3. The first-order valence-electron chi connectivity index (χ1n) is 8.72. The van der Waals surface area contributed by atoms with E-state index in [0.29, 0.717) is 23.0 Å². The number of pyridine rings is 1. The van der Waals surface area contributed by atoms with Gasteiger partial charge in [-0.3, -0.25) is 0 Å². The first-order valence-corrected chi connectivity index (χ1v) is 8.72. The average Bonchev–Trinajstić information content (AvgIpc) is 3.03. The highest BCUT2D eigenvalue weighted by Crippen LogP contribution is 2.31. The van der Waals surface area contributed by atoms with Gasteiger partial charge in [-0.05, 0) is 61.7 Å². The van der Waals surface area contributed by atoms with E-state index in [1.54, 1.807) is 32.2 Å². The number of carbonyl (C=O) groups is 1. The lowest BCUT2D eigenvalue weighted by Gasteiger charge is -2.10. The van der Waals surface area contributed by atoms with Crippen molar-refractivity contribution in [3.8, 4) is 5.82 Å². The summed E-state index contributed by atoms with van der Waals surface area (Å²) in [4.78, 5) is 16.1. The van der Waals surface area contributed by atoms with Crippen molar-refractivity contribution in [2.24, 2.45) is 0 Å². The van der Waals surface area contributed by atoms with Crippen LogP contribution in [-0.4, -0.2) is 27.3 Å². The molecule has 0 unspecified atom stereocenters. The summed E-state index contributed by atoms with van der Waals surface area (Å²) in [5.41, 5.74) is 0.496. The van der Waals surface area contributed by atoms with E-state index in [-0.39, 0.29) is 24.3 Å². The Morgan fingerprint density at radius 3 is 2.62 bits per heavy atom. The summed E-state index contributed by atoms with van der Waals surface area (Å²) in [6.45, 7) is 3.60. The first kappa shape index (κ1) is 20.5. The highest BCUT2D eigenvalue weighted by atomic mass is 19.4. The Bertz CT molecular complexity index is 1040. The van der Waals surface area contributed by atoms with Crippen LogP contribution in [0.15, 0.2) is 42.7 Å². The fraction of sp³-hybridized carbons (Fsp3) is 0.250. The molecule has 0 bridgehead atoms. The summed E-state index contributed by atoms with van der Waals surface area (Å²) >= 11 is 0. The second-order valence-corrected chi connectivity index (χ2v) is 6.37. The largest absolute Gasteiger partial charge is 0.461 e. The molecule has 0 atom stereocenters. The normalized spacial score (nSPS) is 11.5. The molecule has 3 aromatic rings. The van der Waals surface area contributed by atoms with Crippen LogP contribution in [0.3, 0.4) is 0 Å². The summed E-state index contributed by atoms with van der Waals surface area (Å²) < 4.78 is 58.7. The van der Waals surface area contributed by atoms with E-state index in [1.165, 1.54) is 10.9 Å². The van der Waals surface area contributed by atoms with E-state index < -0.39 is 23.5 Å². The van der Waals surface area contributed by atoms with Crippen LogP contribution < -0.4 is 0 Å². The Hall–Kier alpha value is -3.23. The molecule has 0 aliphatic rings. The first-order chi connectivity index (χ1) is 13.7. The molecule has 1 aromatic carbocycles. The van der Waals surface area contributed by atoms with Crippen LogP contribution in [0.4, 0.5) is 17.6 Å². The van der Waals surface area contributed by atoms with Gasteiger partial charge in [0, 0.05) is 18.0 Å². The molecule has 0 amide bonds. The predicted molar refractivity (Wildman–Crippen MR) is 96.3 cm³/mol. The van der Waals surface area contributed by atoms with Crippen LogP contribution in [0.2, 0.25) is 0 Å². The number of esters is 1. The van der Waals surface area contributed by atoms with Gasteiger partial charge < -0.3 is 4.74 Å². The number of hydrogen-bond acceptors (Lipinski definition) is 4. The molecule has 9 heteroatoms. The van der Waals surface area contributed by atoms with Gasteiger partial charge in [0.25, 0.3) is 0 Å². The lowest BCUT2D eigenvalue weighted by molar-refractivity contribution is -0.137. The van der Waals surface area contributed by atoms with Crippen LogP contribution in [-0.2, 0) is 17.3 Å². The molecule has 0 aliphatic heterocycles. The molecule has 3 rings (SSSR count). The van der Waals surface area contributed by atoms with Crippen molar-refractivity contribution < 1.29 is 27.1 Å². The third-order valence-electron chi connectivity index (χ3n) is 4.10. The van der Waals surface area contributed by atoms with Crippen molar-refractivity contribution in [3.05, 3.63) is 76.5 Å². The number of aryl methyl sites for hydroxylation is 1. The van der Waals surface area contributed by atoms with Crippen molar-refractivity contribution in [2.45, 2.75) is 26.4 Å². The lowest BCUT2D eigenvalue weighted by atomic mass is 10.0. The fourth-order valence-electron chi connectivity index (χ4n) is 2.83. The number of nitrogens with zero attached hydrogens (tertiary/aromatic N) is 3. The summed E-state index contributed by atoms with van der Waals surface area (Å²) in [7, 11) is 0. The number of benzene rings is 1. The van der Waals surface area contributed by atoms with Gasteiger partial charge in [0.05, 0.1) is 12.2 Å². The van der Waals surface area contributed by atoms with Crippen molar-refractivity contribution in [3.63, 3.8) is 0 Å². The van der Waals surface area contributed by atoms with Gasteiger partial charge in [-0.25, -0.2) is 18.9 Å². The molecular formula is C20H17F4N3O2. The maximum Gasteiger partial charge on any atom is 0.416 e. The lowest BCUT2D eigenvalue weighted by Crippen LogP contribution is -2.08. The third kappa shape index (κ3) is 4.79. The molecule has 0 spiro atoms. The predicted octanol–water partition coefficient (Wildman–Crippen LogP) is 4.50. The maximum absolute atomic E-state index is 13.6. The molecule has 5 nitrogen and oxygen atoms in total. The molecule has 152 valence electrons. The second-order valence-electron chi connectivity index (χ2n) is 6.37. The number of rotatable bonds is 5. The fourth-order valence-corrected chi connectivity index (χ4v) is 2.83. The molecule has 0 aliphatic carbocycles. The number of hydrogen-bond donors (Lipinski definition) is 0. The summed E-state index contributed by atoms with van der Waals surface area (Å²) in [5.74, 6) is -1.14. The molecule has 0 radical (unpaired) electrons. The van der Waals surface area contributed by atoms with Crippen LogP contribution in [0, 0.1) is 12.7 Å². The van der Waals surface area contributed by atoms with Crippen LogP contribution in [0.25, 0.3) is 5.82 Å². The summed E-state index contributed by atoms with van der Waals surface area (Å²) in [6.07, 6.45) is -1.49. The van der Waals surface area contributed by atoms with Crippen LogP contribution in [0.1, 0.15) is 39.7 Å². The maximum atomic E-state index is 13.6. The molecule has 0 saturated heterocycles. The van der Waals surface area contributed by atoms with Gasteiger partial charge in [0.2, 0.25) is 0 Å². The quantitative estimate of drug-likeness (QED) is 0.462. The number of alkyl halides is 3. The van der Waals surface area contributed by atoms with E-state index in [1.807, 2.05) is 0 Å². The highest BCUT2D eigenvalue weighted by molar-refractivity contribution is 5.88. The zero-order valence-corrected chi connectivity index (χ0v) is 15.6. The minimum atomic E-state index is -4.63. The van der Waals surface area contributed by atoms with Crippen molar-refractivity contribution >= 4 is 5.97 Å². The molecule has 29 heavy (non-hydrogen) atoms. The van der Waals surface area contributed by atoms with Gasteiger partial charge in [-0.15, -0.1) is 0 Å². The molecule has 0 saturated carbocycles. The molecule has 2 aromatic heterocycles. The van der Waals surface area contributed by atoms with Crippen molar-refractivity contribution in [1.29, 1.82) is 0 Å². The Balaban J connectivity index is 1.89. The average molecular weight is 407 g/mol. The van der Waals surface area contributed by atoms with E-state index >= 15 is 0 Å². The molecule has 0 fully saturated rings. The zero-order valence-electron chi connectivity index (χ0n) is 15.6. The molecular weight excluding hydrogens is 390 g/mol. The molecule has 0 N–H and O–H groups in total. The van der Waals surface area contributed by atoms with Gasteiger partial charge >= 0.3 is 12.1 Å². The van der Waals surface area contributed by atoms with Crippen molar-refractivity contribution in [1.82, 2.24) is 14.8 Å². The summed E-state index contributed by atoms with van der Waals surface area (Å²) in [5, 5.41) is 4.18. The Kier molecular flexibility index (Phi) is 5.67. The Morgan fingerprint density at radius 1 is 1.17 bits per heavy atom. The number of aromatic nitrogens is 3. The van der Waals surface area contributed by atoms with Crippen molar-refractivity contribution in [2.75, 3.05) is 6.61 Å². The van der Waals surface area contributed by atoms with Gasteiger partial charge in [-0.2, -0.15) is 18.3 Å². The summed E-state index contributed by atoms with van der Waals surface area (Å²) in [6, 6.07) is 5.67. The van der Waals surface area contributed by atoms with E-state index in [0.717, 1.165) is 12.1 Å². The number of carbonyl (C=O) groups excluding carboxylic acids is 1. The Labute approximate surface area is 163 Å². The van der Waals surface area contributed by atoms with E-state index in [4.69, 9.17) is 4.74 Å². The topological polar surface area (TPSA) is 57.0 Å².